The molecule has 4 aromatic rings. The Morgan fingerprint density at radius 2 is 1.94 bits per heavy atom. The van der Waals surface area contributed by atoms with Gasteiger partial charge in [-0.3, -0.25) is 9.36 Å². The molecule has 1 aliphatic carbocycles. The van der Waals surface area contributed by atoms with Gasteiger partial charge in [0.15, 0.2) is 5.82 Å². The summed E-state index contributed by atoms with van der Waals surface area (Å²) in [6, 6.07) is 12.5. The van der Waals surface area contributed by atoms with Crippen molar-refractivity contribution >= 4 is 16.9 Å². The number of furan rings is 1. The first-order valence-electron chi connectivity index (χ1n) is 11.3. The van der Waals surface area contributed by atoms with Crippen LogP contribution in [-0.2, 0) is 11.3 Å². The van der Waals surface area contributed by atoms with Gasteiger partial charge in [-0.05, 0) is 66.6 Å². The van der Waals surface area contributed by atoms with Crippen LogP contribution in [0.3, 0.4) is 0 Å². The SMILES string of the molecule is O=C(C1CC1)N1CC[C@@H](Cn2c(-c3ccc(-c4ccc5occc5c4)cc3F)n[nH]c2=O)C1. The number of aromatic amines is 1. The number of nitrogens with one attached hydrogen (secondary N) is 1. The molecule has 1 amide bonds. The number of likely N-dealkylation sites (tertiary alicyclic amines) is 1. The minimum absolute atomic E-state index is 0.144. The molecule has 1 saturated heterocycles. The molecule has 0 unspecified atom stereocenters. The molecule has 0 bridgehead atoms. The highest BCUT2D eigenvalue weighted by atomic mass is 19.1. The van der Waals surface area contributed by atoms with Crippen LogP contribution >= 0.6 is 0 Å². The molecule has 3 heterocycles. The Hall–Kier alpha value is -3.68. The first-order valence-corrected chi connectivity index (χ1v) is 11.3. The summed E-state index contributed by atoms with van der Waals surface area (Å²) in [5.74, 6) is 0.398. The number of hydrogen-bond donors (Lipinski definition) is 1. The van der Waals surface area contributed by atoms with E-state index in [1.165, 1.54) is 10.6 Å². The van der Waals surface area contributed by atoms with Crippen molar-refractivity contribution in [2.45, 2.75) is 25.8 Å². The first-order chi connectivity index (χ1) is 16.1. The monoisotopic (exact) mass is 446 g/mol. The van der Waals surface area contributed by atoms with Crippen molar-refractivity contribution in [2.75, 3.05) is 13.1 Å². The third kappa shape index (κ3) is 3.65. The highest BCUT2D eigenvalue weighted by Crippen LogP contribution is 2.33. The van der Waals surface area contributed by atoms with E-state index in [-0.39, 0.29) is 34.8 Å². The minimum atomic E-state index is -0.447. The van der Waals surface area contributed by atoms with Crippen molar-refractivity contribution in [1.82, 2.24) is 19.7 Å². The third-order valence-corrected chi connectivity index (χ3v) is 6.72. The van der Waals surface area contributed by atoms with Gasteiger partial charge in [0.2, 0.25) is 5.91 Å². The maximum atomic E-state index is 15.2. The Balaban J connectivity index is 1.25. The van der Waals surface area contributed by atoms with Crippen molar-refractivity contribution in [3.63, 3.8) is 0 Å². The van der Waals surface area contributed by atoms with Gasteiger partial charge in [-0.1, -0.05) is 12.1 Å². The van der Waals surface area contributed by atoms with Gasteiger partial charge >= 0.3 is 5.69 Å². The molecular weight excluding hydrogens is 423 g/mol. The molecule has 2 aromatic heterocycles. The molecule has 1 atom stereocenters. The van der Waals surface area contributed by atoms with Crippen molar-refractivity contribution in [3.05, 3.63) is 65.0 Å². The topological polar surface area (TPSA) is 84.1 Å². The van der Waals surface area contributed by atoms with Gasteiger partial charge in [-0.15, -0.1) is 0 Å². The van der Waals surface area contributed by atoms with Crippen LogP contribution in [0.2, 0.25) is 0 Å². The fourth-order valence-electron chi connectivity index (χ4n) is 4.74. The summed E-state index contributed by atoms with van der Waals surface area (Å²) in [5, 5.41) is 7.52. The minimum Gasteiger partial charge on any atom is -0.464 e. The summed E-state index contributed by atoms with van der Waals surface area (Å²) in [5.41, 5.74) is 2.28. The van der Waals surface area contributed by atoms with Gasteiger partial charge in [-0.2, -0.15) is 5.10 Å². The van der Waals surface area contributed by atoms with E-state index < -0.39 is 5.82 Å². The van der Waals surface area contributed by atoms with E-state index in [4.69, 9.17) is 4.42 Å². The fourth-order valence-corrected chi connectivity index (χ4v) is 4.74. The summed E-state index contributed by atoms with van der Waals surface area (Å²) in [4.78, 5) is 26.7. The van der Waals surface area contributed by atoms with Crippen LogP contribution in [0.25, 0.3) is 33.5 Å². The van der Waals surface area contributed by atoms with E-state index >= 15 is 4.39 Å². The standard InChI is InChI=1S/C25H23FN4O3/c26-21-12-18(17-4-6-22-19(11-17)8-10-33-22)3-5-20(21)23-27-28-25(32)30(23)14-15-7-9-29(13-15)24(31)16-1-2-16/h3-6,8,10-12,15-16H,1-2,7,9,13-14H2,(H,28,32)/t15-/m1/s1. The number of nitrogens with zero attached hydrogens (tertiary/aromatic N) is 3. The van der Waals surface area contributed by atoms with Crippen LogP contribution in [0.4, 0.5) is 4.39 Å². The van der Waals surface area contributed by atoms with Gasteiger partial charge in [0.25, 0.3) is 0 Å². The maximum Gasteiger partial charge on any atom is 0.343 e. The number of benzene rings is 2. The van der Waals surface area contributed by atoms with E-state index in [1.54, 1.807) is 12.3 Å². The summed E-state index contributed by atoms with van der Waals surface area (Å²) in [6.45, 7) is 1.74. The molecule has 1 aliphatic heterocycles. The Labute approximate surface area is 188 Å². The quantitative estimate of drug-likeness (QED) is 0.501. The summed E-state index contributed by atoms with van der Waals surface area (Å²) < 4.78 is 22.1. The van der Waals surface area contributed by atoms with Crippen molar-refractivity contribution < 1.29 is 13.6 Å². The Bertz CT molecular complexity index is 1410. The van der Waals surface area contributed by atoms with Gasteiger partial charge in [0, 0.05) is 30.9 Å². The second kappa shape index (κ2) is 7.72. The summed E-state index contributed by atoms with van der Waals surface area (Å²) in [6.07, 6.45) is 4.42. The molecule has 8 heteroatoms. The van der Waals surface area contributed by atoms with Gasteiger partial charge in [-0.25, -0.2) is 14.3 Å². The van der Waals surface area contributed by atoms with E-state index in [0.717, 1.165) is 41.4 Å². The van der Waals surface area contributed by atoms with E-state index in [2.05, 4.69) is 10.2 Å². The summed E-state index contributed by atoms with van der Waals surface area (Å²) >= 11 is 0. The number of H-pyrrole nitrogens is 1. The van der Waals surface area contributed by atoms with Crippen LogP contribution in [-0.4, -0.2) is 38.7 Å². The molecule has 2 aromatic carbocycles. The molecule has 1 N–H and O–H groups in total. The first kappa shape index (κ1) is 20.0. The number of amides is 1. The number of fused-ring (bicyclic) bond motifs is 1. The Morgan fingerprint density at radius 3 is 2.76 bits per heavy atom. The zero-order valence-electron chi connectivity index (χ0n) is 18.0. The van der Waals surface area contributed by atoms with Crippen LogP contribution < -0.4 is 5.69 Å². The highest BCUT2D eigenvalue weighted by molar-refractivity contribution is 5.84. The normalized spacial score (nSPS) is 18.3. The maximum absolute atomic E-state index is 15.2. The fraction of sp³-hybridized carbons (Fsp3) is 0.320. The largest absolute Gasteiger partial charge is 0.464 e. The van der Waals surface area contributed by atoms with Gasteiger partial charge in [0.05, 0.1) is 11.8 Å². The predicted octanol–water partition coefficient (Wildman–Crippen LogP) is 4.05. The molecule has 0 spiro atoms. The summed E-state index contributed by atoms with van der Waals surface area (Å²) in [7, 11) is 0. The zero-order valence-corrected chi connectivity index (χ0v) is 18.0. The van der Waals surface area contributed by atoms with Crippen LogP contribution in [0.15, 0.2) is 57.9 Å². The number of aromatic nitrogens is 3. The average molecular weight is 446 g/mol. The zero-order chi connectivity index (χ0) is 22.5. The van der Waals surface area contributed by atoms with Gasteiger partial charge < -0.3 is 9.32 Å². The molecule has 7 nitrogen and oxygen atoms in total. The van der Waals surface area contributed by atoms with Crippen LogP contribution in [0, 0.1) is 17.7 Å². The molecular formula is C25H23FN4O3. The molecule has 2 aliphatic rings. The molecule has 168 valence electrons. The van der Waals surface area contributed by atoms with Crippen molar-refractivity contribution in [1.29, 1.82) is 0 Å². The lowest BCUT2D eigenvalue weighted by atomic mass is 10.0. The highest BCUT2D eigenvalue weighted by Gasteiger charge is 2.37. The number of halogens is 1. The van der Waals surface area contributed by atoms with Crippen LogP contribution in [0.1, 0.15) is 19.3 Å². The molecule has 0 radical (unpaired) electrons. The molecule has 2 fully saturated rings. The number of hydrogen-bond acceptors (Lipinski definition) is 4. The molecule has 6 rings (SSSR count). The number of carbonyl (C=O) groups is 1. The Kier molecular flexibility index (Phi) is 4.67. The molecule has 33 heavy (non-hydrogen) atoms. The van der Waals surface area contributed by atoms with E-state index in [1.807, 2.05) is 35.2 Å². The second-order valence-corrected chi connectivity index (χ2v) is 9.04. The number of carbonyl (C=O) groups excluding carboxylic acids is 1. The predicted molar refractivity (Wildman–Crippen MR) is 121 cm³/mol. The lowest BCUT2D eigenvalue weighted by Crippen LogP contribution is -2.31. The van der Waals surface area contributed by atoms with Crippen molar-refractivity contribution in [2.24, 2.45) is 11.8 Å². The Morgan fingerprint density at radius 1 is 1.12 bits per heavy atom. The van der Waals surface area contributed by atoms with E-state index in [9.17, 15) is 9.59 Å². The number of rotatable bonds is 5. The lowest BCUT2D eigenvalue weighted by Gasteiger charge is -2.16. The van der Waals surface area contributed by atoms with Crippen molar-refractivity contribution in [3.8, 4) is 22.5 Å². The second-order valence-electron chi connectivity index (χ2n) is 9.04. The van der Waals surface area contributed by atoms with Gasteiger partial charge in [0.1, 0.15) is 11.4 Å². The van der Waals surface area contributed by atoms with E-state index in [0.29, 0.717) is 19.6 Å². The smallest absolute Gasteiger partial charge is 0.343 e. The lowest BCUT2D eigenvalue weighted by molar-refractivity contribution is -0.131. The van der Waals surface area contributed by atoms with Crippen LogP contribution in [0.5, 0.6) is 0 Å². The molecule has 1 saturated carbocycles. The average Bonchev–Trinajstić information content (AvgIpc) is 3.21. The third-order valence-electron chi connectivity index (χ3n) is 6.72.